The Balaban J connectivity index is 1.63. The molecule has 0 saturated carbocycles. The van der Waals surface area contributed by atoms with E-state index in [4.69, 9.17) is 4.78 Å². The van der Waals surface area contributed by atoms with E-state index in [-0.39, 0.29) is 41.6 Å². The lowest BCUT2D eigenvalue weighted by Crippen LogP contribution is -2.57. The zero-order valence-electron chi connectivity index (χ0n) is 20.6. The van der Waals surface area contributed by atoms with Gasteiger partial charge in [0.15, 0.2) is 5.78 Å². The van der Waals surface area contributed by atoms with Crippen LogP contribution in [0.15, 0.2) is 59.8 Å². The van der Waals surface area contributed by atoms with Gasteiger partial charge in [-0.3, -0.25) is 14.5 Å². The van der Waals surface area contributed by atoms with Gasteiger partial charge in [-0.2, -0.15) is 18.4 Å². The third-order valence-electron chi connectivity index (χ3n) is 7.16. The largest absolute Gasteiger partial charge is 0.416 e. The van der Waals surface area contributed by atoms with Gasteiger partial charge < -0.3 is 5.32 Å². The van der Waals surface area contributed by atoms with Crippen molar-refractivity contribution in [1.82, 2.24) is 10.2 Å². The molecule has 2 aromatic carbocycles. The number of nitrogens with zero attached hydrogens (tertiary/aromatic N) is 3. The summed E-state index contributed by atoms with van der Waals surface area (Å²) in [6.45, 7) is 0. The summed E-state index contributed by atoms with van der Waals surface area (Å²) in [4.78, 5) is 42.9. The number of Topliss-reactive ketones (excluding diaryl/α,β-unsaturated/α-hetero) is 1. The molecule has 0 spiro atoms. The molecule has 2 aromatic rings. The molecule has 1 atom stereocenters. The van der Waals surface area contributed by atoms with Gasteiger partial charge in [-0.15, -0.1) is 10.7 Å². The highest BCUT2D eigenvalue weighted by Crippen LogP contribution is 2.45. The minimum Gasteiger partial charge on any atom is -0.335 e. The van der Waals surface area contributed by atoms with Crippen LogP contribution in [0, 0.1) is 16.1 Å². The van der Waals surface area contributed by atoms with Gasteiger partial charge in [0.2, 0.25) is 0 Å². The van der Waals surface area contributed by atoms with Crippen LogP contribution in [0.1, 0.15) is 48.4 Å². The first-order valence-corrected chi connectivity index (χ1v) is 13.9. The van der Waals surface area contributed by atoms with Crippen LogP contribution in [-0.2, 0) is 21.7 Å². The summed E-state index contributed by atoms with van der Waals surface area (Å²) in [5, 5.41) is 12.1. The lowest BCUT2D eigenvalue weighted by atomic mass is 9.92. The van der Waals surface area contributed by atoms with Crippen LogP contribution in [0.3, 0.4) is 0 Å². The fourth-order valence-corrected chi connectivity index (χ4v) is 6.56. The highest BCUT2D eigenvalue weighted by molar-refractivity contribution is 7.86. The smallest absolute Gasteiger partial charge is 0.335 e. The van der Waals surface area contributed by atoms with Gasteiger partial charge >= 0.3 is 18.2 Å². The Bertz CT molecular complexity index is 1440. The van der Waals surface area contributed by atoms with Crippen molar-refractivity contribution in [2.75, 3.05) is 16.4 Å². The van der Waals surface area contributed by atoms with Crippen LogP contribution in [-0.4, -0.2) is 40.3 Å². The minimum atomic E-state index is -4.66. The van der Waals surface area contributed by atoms with Crippen molar-refractivity contribution < 1.29 is 27.6 Å². The predicted molar refractivity (Wildman–Crippen MR) is 138 cm³/mol. The lowest BCUT2D eigenvalue weighted by Gasteiger charge is -2.41. The molecule has 202 valence electrons. The maximum atomic E-state index is 14.1. The summed E-state index contributed by atoms with van der Waals surface area (Å²) in [5.41, 5.74) is 0.158. The number of rotatable bonds is 3. The Morgan fingerprint density at radius 1 is 1.08 bits per heavy atom. The molecular weight excluding hydrogens is 531 g/mol. The SMILES string of the molecule is N#Cc1ccc(C2C3=C(CCC3=O)N(c3cccc(C(F)(F)F)c3)C(=O)N2C(=O)NC2CCS(=N)CC2)cc1. The number of nitriles is 1. The highest BCUT2D eigenvalue weighted by atomic mass is 32.2. The topological polar surface area (TPSA) is 117 Å². The molecule has 1 fully saturated rings. The van der Waals surface area contributed by atoms with E-state index in [0.717, 1.165) is 21.9 Å². The number of halogens is 3. The number of carbonyl (C=O) groups is 3. The summed E-state index contributed by atoms with van der Waals surface area (Å²) in [7, 11) is -0.487. The van der Waals surface area contributed by atoms with Gasteiger partial charge in [-0.25, -0.2) is 14.5 Å². The van der Waals surface area contributed by atoms with Crippen LogP contribution < -0.4 is 10.2 Å². The number of hydrogen-bond acceptors (Lipinski definition) is 5. The van der Waals surface area contributed by atoms with Crippen molar-refractivity contribution >= 4 is 34.2 Å². The molecule has 0 radical (unpaired) electrons. The molecule has 1 unspecified atom stereocenters. The monoisotopic (exact) mass is 555 g/mol. The average molecular weight is 556 g/mol. The summed E-state index contributed by atoms with van der Waals surface area (Å²) in [5.74, 6) is 0.919. The summed E-state index contributed by atoms with van der Waals surface area (Å²) in [6, 6.07) is 9.40. The zero-order valence-corrected chi connectivity index (χ0v) is 21.4. The number of ketones is 1. The second-order valence-electron chi connectivity index (χ2n) is 9.58. The Morgan fingerprint density at radius 2 is 1.77 bits per heavy atom. The van der Waals surface area contributed by atoms with Gasteiger partial charge in [-0.1, -0.05) is 18.2 Å². The average Bonchev–Trinajstić information content (AvgIpc) is 3.29. The Kier molecular flexibility index (Phi) is 7.03. The highest BCUT2D eigenvalue weighted by Gasteiger charge is 2.49. The van der Waals surface area contributed by atoms with E-state index < -0.39 is 40.5 Å². The Labute approximate surface area is 225 Å². The molecule has 2 heterocycles. The van der Waals surface area contributed by atoms with Crippen molar-refractivity contribution in [3.8, 4) is 6.07 Å². The molecule has 8 nitrogen and oxygen atoms in total. The molecule has 2 N–H and O–H groups in total. The normalized spacial score (nSPS) is 23.5. The number of amides is 4. The second-order valence-corrected chi connectivity index (χ2v) is 11.4. The van der Waals surface area contributed by atoms with Crippen molar-refractivity contribution in [3.05, 3.63) is 76.5 Å². The number of benzene rings is 2. The van der Waals surface area contributed by atoms with Gasteiger partial charge in [0.05, 0.1) is 28.9 Å². The molecule has 12 heteroatoms. The van der Waals surface area contributed by atoms with E-state index in [2.05, 4.69) is 5.32 Å². The Morgan fingerprint density at radius 3 is 2.41 bits per heavy atom. The first-order chi connectivity index (χ1) is 18.6. The van der Waals surface area contributed by atoms with Crippen molar-refractivity contribution in [3.63, 3.8) is 0 Å². The van der Waals surface area contributed by atoms with Gasteiger partial charge in [0.1, 0.15) is 0 Å². The predicted octanol–water partition coefficient (Wildman–Crippen LogP) is 5.43. The number of allylic oxidation sites excluding steroid dienone is 1. The quantitative estimate of drug-likeness (QED) is 0.525. The fraction of sp³-hybridized carbons (Fsp3) is 0.333. The van der Waals surface area contributed by atoms with E-state index in [1.54, 1.807) is 12.1 Å². The molecule has 0 aromatic heterocycles. The molecule has 5 rings (SSSR count). The zero-order chi connectivity index (χ0) is 27.9. The molecule has 2 aliphatic heterocycles. The van der Waals surface area contributed by atoms with Crippen LogP contribution in [0.4, 0.5) is 28.4 Å². The maximum Gasteiger partial charge on any atom is 0.416 e. The number of alkyl halides is 3. The molecule has 1 aliphatic carbocycles. The summed E-state index contributed by atoms with van der Waals surface area (Å²) in [6.07, 6.45) is -3.35. The van der Waals surface area contributed by atoms with E-state index in [9.17, 15) is 32.8 Å². The molecule has 3 aliphatic rings. The first kappa shape index (κ1) is 26.6. The molecule has 0 bridgehead atoms. The molecular formula is C27H24F3N5O3S. The molecule has 4 amide bonds. The van der Waals surface area contributed by atoms with Gasteiger partial charge in [0.25, 0.3) is 0 Å². The van der Waals surface area contributed by atoms with Crippen molar-refractivity contribution in [1.29, 1.82) is 10.0 Å². The fourth-order valence-electron chi connectivity index (χ4n) is 5.22. The van der Waals surface area contributed by atoms with Crippen LogP contribution in [0.25, 0.3) is 0 Å². The maximum absolute atomic E-state index is 14.1. The number of hydrogen-bond donors (Lipinski definition) is 2. The van der Waals surface area contributed by atoms with Gasteiger partial charge in [0, 0.05) is 35.2 Å². The molecule has 39 heavy (non-hydrogen) atoms. The van der Waals surface area contributed by atoms with Crippen molar-refractivity contribution in [2.45, 2.75) is 43.9 Å². The minimum absolute atomic E-state index is 0.0457. The van der Waals surface area contributed by atoms with Crippen LogP contribution >= 0.6 is 0 Å². The van der Waals surface area contributed by atoms with Crippen molar-refractivity contribution in [2.24, 2.45) is 0 Å². The van der Waals surface area contributed by atoms with Gasteiger partial charge in [-0.05, 0) is 55.2 Å². The van der Waals surface area contributed by atoms with Crippen LogP contribution in [0.2, 0.25) is 0 Å². The number of urea groups is 2. The van der Waals surface area contributed by atoms with Crippen LogP contribution in [0.5, 0.6) is 0 Å². The number of nitrogens with one attached hydrogen (secondary N) is 2. The first-order valence-electron chi connectivity index (χ1n) is 12.3. The number of carbonyl (C=O) groups excluding carboxylic acids is 3. The van der Waals surface area contributed by atoms with E-state index in [1.807, 2.05) is 6.07 Å². The number of anilines is 1. The summed E-state index contributed by atoms with van der Waals surface area (Å²) >= 11 is 0. The number of imide groups is 1. The third kappa shape index (κ3) is 5.06. The second kappa shape index (κ2) is 10.3. The van der Waals surface area contributed by atoms with E-state index >= 15 is 0 Å². The Hall–Kier alpha value is -3.98. The van der Waals surface area contributed by atoms with E-state index in [1.165, 1.54) is 24.3 Å². The lowest BCUT2D eigenvalue weighted by molar-refractivity contribution is -0.137. The summed E-state index contributed by atoms with van der Waals surface area (Å²) < 4.78 is 48.5. The van der Waals surface area contributed by atoms with E-state index in [0.29, 0.717) is 35.5 Å². The third-order valence-corrected chi connectivity index (χ3v) is 8.62. The molecule has 1 saturated heterocycles. The standard InChI is InChI=1S/C27H24F3N5O3S/c28-27(29,30)18-2-1-3-20(14-18)34-21-8-9-22(36)23(21)24(17-6-4-16(15-31)5-7-17)35(26(34)38)25(37)33-19-10-12-39(32)13-11-19/h1-7,14,19,24,32H,8-13H2,(H,33,37).